The molecule has 0 aliphatic carbocycles. The second-order valence-corrected chi connectivity index (χ2v) is 2.16. The van der Waals surface area contributed by atoms with Crippen LogP contribution in [0.5, 0.6) is 0 Å². The molecule has 1 N–H and O–H groups in total. The van der Waals surface area contributed by atoms with Crippen LogP contribution in [-0.2, 0) is 9.53 Å². The first-order valence-electron chi connectivity index (χ1n) is 2.60. The quantitative estimate of drug-likeness (QED) is 0.463. The van der Waals surface area contributed by atoms with Crippen molar-refractivity contribution in [3.05, 3.63) is 0 Å². The number of aliphatic hydroxyl groups is 1. The van der Waals surface area contributed by atoms with Crippen LogP contribution in [0, 0.1) is 0 Å². The normalized spacial score (nSPS) is 12.8. The van der Waals surface area contributed by atoms with Crippen LogP contribution in [0.25, 0.3) is 0 Å². The fourth-order valence-corrected chi connectivity index (χ4v) is 0.324. The van der Waals surface area contributed by atoms with E-state index in [2.05, 4.69) is 4.74 Å². The van der Waals surface area contributed by atoms with E-state index in [0.717, 1.165) is 0 Å². The van der Waals surface area contributed by atoms with Crippen LogP contribution in [0.1, 0.15) is 6.92 Å². The maximum absolute atomic E-state index is 10.4. The molecule has 0 aliphatic rings. The van der Waals surface area contributed by atoms with Gasteiger partial charge in [0.1, 0.15) is 12.0 Å². The number of carbonyl (C=O) groups is 1. The Balaban J connectivity index is 3.28. The molecule has 9 heavy (non-hydrogen) atoms. The van der Waals surface area contributed by atoms with Crippen molar-refractivity contribution in [2.75, 3.05) is 13.2 Å². The highest BCUT2D eigenvalue weighted by atomic mass is 35.5. The van der Waals surface area contributed by atoms with Crippen LogP contribution >= 0.6 is 11.6 Å². The van der Waals surface area contributed by atoms with Gasteiger partial charge in [0.2, 0.25) is 0 Å². The van der Waals surface area contributed by atoms with Crippen LogP contribution in [0.4, 0.5) is 0 Å². The number of alkyl halides is 1. The van der Waals surface area contributed by atoms with Gasteiger partial charge >= 0.3 is 5.97 Å². The first-order chi connectivity index (χ1) is 4.18. The summed E-state index contributed by atoms with van der Waals surface area (Å²) < 4.78 is 4.43. The van der Waals surface area contributed by atoms with Crippen LogP contribution in [0.2, 0.25) is 0 Å². The third kappa shape index (κ3) is 4.24. The number of hydrogen-bond acceptors (Lipinski definition) is 3. The van der Waals surface area contributed by atoms with Crippen LogP contribution < -0.4 is 0 Å². The first-order valence-corrected chi connectivity index (χ1v) is 3.03. The van der Waals surface area contributed by atoms with E-state index in [1.165, 1.54) is 6.92 Å². The minimum Gasteiger partial charge on any atom is -0.462 e. The lowest BCUT2D eigenvalue weighted by Gasteiger charge is -2.01. The molecule has 0 rings (SSSR count). The summed E-state index contributed by atoms with van der Waals surface area (Å²) in [6, 6.07) is 0. The smallest absolute Gasteiger partial charge is 0.323 e. The Morgan fingerprint density at radius 3 is 2.78 bits per heavy atom. The molecule has 0 amide bonds. The number of halogens is 1. The lowest BCUT2D eigenvalue weighted by molar-refractivity contribution is -0.143. The van der Waals surface area contributed by atoms with Crippen molar-refractivity contribution in [3.63, 3.8) is 0 Å². The molecule has 0 bridgehead atoms. The fourth-order valence-electron chi connectivity index (χ4n) is 0.261. The molecule has 0 aromatic rings. The average Bonchev–Trinajstić information content (AvgIpc) is 1.82. The highest BCUT2D eigenvalue weighted by Crippen LogP contribution is 1.95. The van der Waals surface area contributed by atoms with Gasteiger partial charge in [-0.15, -0.1) is 11.6 Å². The molecule has 0 aromatic heterocycles. The third-order valence-electron chi connectivity index (χ3n) is 0.660. The summed E-state index contributed by atoms with van der Waals surface area (Å²) in [5.74, 6) is -0.495. The van der Waals surface area contributed by atoms with Gasteiger partial charge in [-0.25, -0.2) is 0 Å². The van der Waals surface area contributed by atoms with Gasteiger partial charge in [-0.3, -0.25) is 4.79 Å². The number of carbonyl (C=O) groups excluding carboxylic acids is 1. The van der Waals surface area contributed by atoms with E-state index in [4.69, 9.17) is 16.7 Å². The minimum atomic E-state index is -0.628. The molecule has 1 unspecified atom stereocenters. The number of rotatable bonds is 3. The van der Waals surface area contributed by atoms with Crippen molar-refractivity contribution >= 4 is 17.6 Å². The number of esters is 1. The first kappa shape index (κ1) is 8.72. The van der Waals surface area contributed by atoms with Crippen LogP contribution in [0.3, 0.4) is 0 Å². The zero-order valence-corrected chi connectivity index (χ0v) is 5.89. The highest BCUT2D eigenvalue weighted by Gasteiger charge is 2.08. The Labute approximate surface area is 58.6 Å². The second kappa shape index (κ2) is 4.58. The molecule has 4 heteroatoms. The average molecular weight is 153 g/mol. The Morgan fingerprint density at radius 2 is 2.44 bits per heavy atom. The predicted octanol–water partition coefficient (Wildman–Crippen LogP) is 0.149. The standard InChI is InChI=1S/C5H9ClO3/c1-4(6)5(8)9-3-2-7/h4,7H,2-3H2,1H3. The largest absolute Gasteiger partial charge is 0.462 e. The van der Waals surface area contributed by atoms with Crippen molar-refractivity contribution < 1.29 is 14.6 Å². The van der Waals surface area contributed by atoms with E-state index in [-0.39, 0.29) is 13.2 Å². The van der Waals surface area contributed by atoms with Crippen molar-refractivity contribution in [2.45, 2.75) is 12.3 Å². The zero-order valence-electron chi connectivity index (χ0n) is 5.13. The van der Waals surface area contributed by atoms with Gasteiger partial charge in [-0.1, -0.05) is 0 Å². The van der Waals surface area contributed by atoms with Crippen molar-refractivity contribution in [1.82, 2.24) is 0 Å². The summed E-state index contributed by atoms with van der Waals surface area (Å²) >= 11 is 5.31. The van der Waals surface area contributed by atoms with E-state index in [9.17, 15) is 4.79 Å². The zero-order chi connectivity index (χ0) is 7.28. The van der Waals surface area contributed by atoms with E-state index in [1.807, 2.05) is 0 Å². The summed E-state index contributed by atoms with van der Waals surface area (Å²) in [5.41, 5.74) is 0. The highest BCUT2D eigenvalue weighted by molar-refractivity contribution is 6.29. The summed E-state index contributed by atoms with van der Waals surface area (Å²) in [7, 11) is 0. The SMILES string of the molecule is CC(Cl)C(=O)OCCO. The molecular weight excluding hydrogens is 144 g/mol. The fraction of sp³-hybridized carbons (Fsp3) is 0.800. The minimum absolute atomic E-state index is 0.0237. The molecule has 0 saturated carbocycles. The van der Waals surface area contributed by atoms with Crippen LogP contribution in [0.15, 0.2) is 0 Å². The van der Waals surface area contributed by atoms with Crippen LogP contribution in [-0.4, -0.2) is 29.7 Å². The molecule has 0 radical (unpaired) electrons. The summed E-state index contributed by atoms with van der Waals surface area (Å²) in [4.78, 5) is 10.4. The molecule has 0 heterocycles. The molecular formula is C5H9ClO3. The van der Waals surface area contributed by atoms with Gasteiger partial charge in [-0.05, 0) is 6.92 Å². The van der Waals surface area contributed by atoms with Crippen molar-refractivity contribution in [3.8, 4) is 0 Å². The monoisotopic (exact) mass is 152 g/mol. The molecule has 54 valence electrons. The Bertz CT molecular complexity index is 92.2. The van der Waals surface area contributed by atoms with Crippen molar-refractivity contribution in [1.29, 1.82) is 0 Å². The molecule has 0 spiro atoms. The molecule has 3 nitrogen and oxygen atoms in total. The Hall–Kier alpha value is -0.280. The lowest BCUT2D eigenvalue weighted by atomic mass is 10.5. The second-order valence-electron chi connectivity index (χ2n) is 1.51. The van der Waals surface area contributed by atoms with Gasteiger partial charge < -0.3 is 9.84 Å². The molecule has 0 saturated heterocycles. The van der Waals surface area contributed by atoms with E-state index in [0.29, 0.717) is 0 Å². The molecule has 0 fully saturated rings. The summed E-state index contributed by atoms with van der Waals surface area (Å²) in [6.07, 6.45) is 0. The van der Waals surface area contributed by atoms with Gasteiger partial charge in [0.25, 0.3) is 0 Å². The van der Waals surface area contributed by atoms with E-state index < -0.39 is 11.3 Å². The Morgan fingerprint density at radius 1 is 1.89 bits per heavy atom. The lowest BCUT2D eigenvalue weighted by Crippen LogP contribution is -2.16. The predicted molar refractivity (Wildman–Crippen MR) is 33.4 cm³/mol. The van der Waals surface area contributed by atoms with Crippen molar-refractivity contribution in [2.24, 2.45) is 0 Å². The Kier molecular flexibility index (Phi) is 4.44. The van der Waals surface area contributed by atoms with E-state index in [1.54, 1.807) is 0 Å². The van der Waals surface area contributed by atoms with E-state index >= 15 is 0 Å². The summed E-state index contributed by atoms with van der Waals surface area (Å²) in [6.45, 7) is 1.38. The summed E-state index contributed by atoms with van der Waals surface area (Å²) in [5, 5.41) is 7.55. The molecule has 1 atom stereocenters. The maximum atomic E-state index is 10.4. The van der Waals surface area contributed by atoms with Gasteiger partial charge in [0.15, 0.2) is 0 Å². The van der Waals surface area contributed by atoms with Gasteiger partial charge in [0.05, 0.1) is 6.61 Å². The van der Waals surface area contributed by atoms with Gasteiger partial charge in [0, 0.05) is 0 Å². The molecule has 0 aromatic carbocycles. The number of ether oxygens (including phenoxy) is 1. The maximum Gasteiger partial charge on any atom is 0.323 e. The topological polar surface area (TPSA) is 46.5 Å². The number of aliphatic hydroxyl groups excluding tert-OH is 1. The molecule has 0 aliphatic heterocycles. The van der Waals surface area contributed by atoms with Gasteiger partial charge in [-0.2, -0.15) is 0 Å². The number of hydrogen-bond donors (Lipinski definition) is 1. The third-order valence-corrected chi connectivity index (χ3v) is 0.839.